The number of ether oxygens (including phenoxy) is 3. The molecule has 0 radical (unpaired) electrons. The van der Waals surface area contributed by atoms with Crippen molar-refractivity contribution in [2.75, 3.05) is 40.5 Å². The Morgan fingerprint density at radius 2 is 1.97 bits per heavy atom. The van der Waals surface area contributed by atoms with Crippen LogP contribution < -0.4 is 9.47 Å². The summed E-state index contributed by atoms with van der Waals surface area (Å²) >= 11 is 0. The van der Waals surface area contributed by atoms with E-state index in [1.54, 1.807) is 18.3 Å². The monoisotopic (exact) mass is 462 g/mol. The van der Waals surface area contributed by atoms with Gasteiger partial charge in [0.25, 0.3) is 0 Å². The Kier molecular flexibility index (Phi) is 6.24. The molecule has 1 fully saturated rings. The standard InChI is InChI=1S/C24H26N6O4/c1-32-21-6-4-17(24(28-21)33-2)20(31)12-16-13-25-29-22(16)23-26-18-5-3-15(11-19(18)27-23)14-30-7-9-34-10-8-30/h3-6,11,13H,7-10,12,14H2,1-2H3,(H,25,29)(H,26,27). The lowest BCUT2D eigenvalue weighted by Gasteiger charge is -2.26. The fraction of sp³-hybridized carbons (Fsp3) is 0.333. The highest BCUT2D eigenvalue weighted by molar-refractivity contribution is 6.00. The number of benzene rings is 1. The van der Waals surface area contributed by atoms with Crippen LogP contribution in [0, 0.1) is 0 Å². The van der Waals surface area contributed by atoms with Gasteiger partial charge in [0.2, 0.25) is 11.8 Å². The molecule has 0 amide bonds. The van der Waals surface area contributed by atoms with Gasteiger partial charge in [-0.2, -0.15) is 10.1 Å². The Hall–Kier alpha value is -3.76. The molecule has 0 aliphatic carbocycles. The molecule has 3 aromatic heterocycles. The molecule has 2 N–H and O–H groups in total. The molecular weight excluding hydrogens is 436 g/mol. The number of fused-ring (bicyclic) bond motifs is 1. The van der Waals surface area contributed by atoms with Gasteiger partial charge in [0.1, 0.15) is 5.69 Å². The zero-order chi connectivity index (χ0) is 23.5. The summed E-state index contributed by atoms with van der Waals surface area (Å²) < 4.78 is 15.8. The maximum atomic E-state index is 13.0. The molecule has 0 unspecified atom stereocenters. The van der Waals surface area contributed by atoms with E-state index >= 15 is 0 Å². The first-order valence-electron chi connectivity index (χ1n) is 11.1. The van der Waals surface area contributed by atoms with Crippen molar-refractivity contribution in [3.63, 3.8) is 0 Å². The Morgan fingerprint density at radius 3 is 2.76 bits per heavy atom. The molecule has 34 heavy (non-hydrogen) atoms. The number of rotatable bonds is 8. The lowest BCUT2D eigenvalue weighted by molar-refractivity contribution is 0.0342. The van der Waals surface area contributed by atoms with E-state index in [0.717, 1.165) is 49.4 Å². The van der Waals surface area contributed by atoms with Gasteiger partial charge in [-0.25, -0.2) is 4.98 Å². The third kappa shape index (κ3) is 4.50. The van der Waals surface area contributed by atoms with Crippen LogP contribution in [-0.4, -0.2) is 76.4 Å². The highest BCUT2D eigenvalue weighted by Gasteiger charge is 2.20. The van der Waals surface area contributed by atoms with Gasteiger partial charge in [-0.1, -0.05) is 6.07 Å². The SMILES string of the molecule is COc1ccc(C(=O)Cc2cn[nH]c2-c2nc3ccc(CN4CCOCC4)cc3[nH]2)c(OC)n1. The molecule has 0 atom stereocenters. The quantitative estimate of drug-likeness (QED) is 0.384. The number of ketones is 1. The molecule has 5 rings (SSSR count). The van der Waals surface area contributed by atoms with Crippen molar-refractivity contribution in [3.8, 4) is 23.3 Å². The predicted molar refractivity (Wildman–Crippen MR) is 125 cm³/mol. The highest BCUT2D eigenvalue weighted by atomic mass is 16.5. The number of methoxy groups -OCH3 is 2. The number of H-pyrrole nitrogens is 2. The van der Waals surface area contributed by atoms with Crippen molar-refractivity contribution in [1.82, 2.24) is 30.0 Å². The van der Waals surface area contributed by atoms with Crippen LogP contribution in [0.25, 0.3) is 22.6 Å². The largest absolute Gasteiger partial charge is 0.481 e. The zero-order valence-corrected chi connectivity index (χ0v) is 19.1. The van der Waals surface area contributed by atoms with Crippen LogP contribution in [0.4, 0.5) is 0 Å². The number of morpholine rings is 1. The molecule has 0 spiro atoms. The van der Waals surface area contributed by atoms with Crippen molar-refractivity contribution < 1.29 is 19.0 Å². The molecule has 4 aromatic rings. The summed E-state index contributed by atoms with van der Waals surface area (Å²) in [5.74, 6) is 1.11. The lowest BCUT2D eigenvalue weighted by Crippen LogP contribution is -2.35. The first kappa shape index (κ1) is 22.1. The summed E-state index contributed by atoms with van der Waals surface area (Å²) in [7, 11) is 2.99. The molecule has 0 bridgehead atoms. The van der Waals surface area contributed by atoms with E-state index in [-0.39, 0.29) is 18.1 Å². The van der Waals surface area contributed by atoms with E-state index < -0.39 is 0 Å². The van der Waals surface area contributed by atoms with Crippen molar-refractivity contribution in [2.45, 2.75) is 13.0 Å². The fourth-order valence-corrected chi connectivity index (χ4v) is 4.11. The van der Waals surface area contributed by atoms with E-state index in [4.69, 9.17) is 19.2 Å². The number of imidazole rings is 1. The van der Waals surface area contributed by atoms with Gasteiger partial charge < -0.3 is 19.2 Å². The van der Waals surface area contributed by atoms with Crippen LogP contribution in [0.3, 0.4) is 0 Å². The van der Waals surface area contributed by atoms with Crippen LogP contribution >= 0.6 is 0 Å². The minimum atomic E-state index is -0.140. The average Bonchev–Trinajstić information content (AvgIpc) is 3.50. The average molecular weight is 463 g/mol. The molecule has 0 saturated carbocycles. The van der Waals surface area contributed by atoms with Gasteiger partial charge in [-0.3, -0.25) is 14.8 Å². The zero-order valence-electron chi connectivity index (χ0n) is 19.1. The van der Waals surface area contributed by atoms with Gasteiger partial charge >= 0.3 is 0 Å². The van der Waals surface area contributed by atoms with Crippen LogP contribution in [0.15, 0.2) is 36.5 Å². The number of carbonyl (C=O) groups excluding carboxylic acids is 1. The second-order valence-electron chi connectivity index (χ2n) is 8.11. The number of aromatic amines is 2. The van der Waals surface area contributed by atoms with Gasteiger partial charge in [-0.05, 0) is 23.8 Å². The normalized spacial score (nSPS) is 14.4. The summed E-state index contributed by atoms with van der Waals surface area (Å²) in [6.45, 7) is 4.29. The van der Waals surface area contributed by atoms with Gasteiger partial charge in [0, 0.05) is 37.7 Å². The number of hydrogen-bond donors (Lipinski definition) is 2. The molecular formula is C24H26N6O4. The molecule has 1 aliphatic rings. The highest BCUT2D eigenvalue weighted by Crippen LogP contribution is 2.26. The molecule has 176 valence electrons. The second kappa shape index (κ2) is 9.62. The lowest BCUT2D eigenvalue weighted by atomic mass is 10.0. The molecule has 10 heteroatoms. The van der Waals surface area contributed by atoms with E-state index in [2.05, 4.69) is 37.2 Å². The summed E-state index contributed by atoms with van der Waals surface area (Å²) in [4.78, 5) is 27.7. The number of carbonyl (C=O) groups is 1. The Morgan fingerprint density at radius 1 is 1.12 bits per heavy atom. The fourth-order valence-electron chi connectivity index (χ4n) is 4.11. The molecule has 1 saturated heterocycles. The number of pyridine rings is 1. The molecule has 1 aliphatic heterocycles. The topological polar surface area (TPSA) is 118 Å². The van der Waals surface area contributed by atoms with E-state index in [1.165, 1.54) is 19.8 Å². The van der Waals surface area contributed by atoms with Gasteiger partial charge in [0.15, 0.2) is 11.6 Å². The third-order valence-electron chi connectivity index (χ3n) is 5.90. The molecule has 4 heterocycles. The minimum absolute atomic E-state index is 0.121. The Bertz CT molecular complexity index is 1310. The van der Waals surface area contributed by atoms with Crippen molar-refractivity contribution in [1.29, 1.82) is 0 Å². The maximum absolute atomic E-state index is 13.0. The van der Waals surface area contributed by atoms with E-state index in [0.29, 0.717) is 23.0 Å². The smallest absolute Gasteiger partial charge is 0.227 e. The van der Waals surface area contributed by atoms with Crippen LogP contribution in [0.5, 0.6) is 11.8 Å². The summed E-state index contributed by atoms with van der Waals surface area (Å²) in [5.41, 5.74) is 4.80. The number of hydrogen-bond acceptors (Lipinski definition) is 8. The van der Waals surface area contributed by atoms with E-state index in [1.807, 2.05) is 6.07 Å². The number of aromatic nitrogens is 5. The summed E-state index contributed by atoms with van der Waals surface area (Å²) in [6.07, 6.45) is 1.77. The first-order valence-corrected chi connectivity index (χ1v) is 11.1. The predicted octanol–water partition coefficient (Wildman–Crippen LogP) is 2.62. The first-order chi connectivity index (χ1) is 16.6. The molecule has 1 aromatic carbocycles. The number of nitrogens with zero attached hydrogens (tertiary/aromatic N) is 4. The third-order valence-corrected chi connectivity index (χ3v) is 5.90. The Balaban J connectivity index is 1.37. The van der Waals surface area contributed by atoms with Crippen molar-refractivity contribution >= 4 is 16.8 Å². The van der Waals surface area contributed by atoms with Crippen LogP contribution in [0.2, 0.25) is 0 Å². The van der Waals surface area contributed by atoms with Crippen molar-refractivity contribution in [2.24, 2.45) is 0 Å². The summed E-state index contributed by atoms with van der Waals surface area (Å²) in [6, 6.07) is 9.53. The van der Waals surface area contributed by atoms with Crippen molar-refractivity contribution in [3.05, 3.63) is 53.2 Å². The number of Topliss-reactive ketones (excluding diaryl/α,β-unsaturated/α-hetero) is 1. The maximum Gasteiger partial charge on any atom is 0.227 e. The molecule has 10 nitrogen and oxygen atoms in total. The number of nitrogens with one attached hydrogen (secondary N) is 2. The van der Waals surface area contributed by atoms with Crippen LogP contribution in [-0.2, 0) is 17.7 Å². The van der Waals surface area contributed by atoms with Crippen LogP contribution in [0.1, 0.15) is 21.5 Å². The van der Waals surface area contributed by atoms with Gasteiger partial charge in [-0.15, -0.1) is 0 Å². The minimum Gasteiger partial charge on any atom is -0.481 e. The van der Waals surface area contributed by atoms with E-state index in [9.17, 15) is 4.79 Å². The summed E-state index contributed by atoms with van der Waals surface area (Å²) in [5, 5.41) is 7.14. The second-order valence-corrected chi connectivity index (χ2v) is 8.11. The van der Waals surface area contributed by atoms with Gasteiger partial charge in [0.05, 0.1) is 50.2 Å². The Labute approximate surface area is 196 Å².